The van der Waals surface area contributed by atoms with Crippen LogP contribution in [-0.4, -0.2) is 52.5 Å². The van der Waals surface area contributed by atoms with Gasteiger partial charge in [-0.2, -0.15) is 0 Å². The Morgan fingerprint density at radius 2 is 2.03 bits per heavy atom. The molecule has 2 fully saturated rings. The number of aryl methyl sites for hydroxylation is 1. The van der Waals surface area contributed by atoms with Gasteiger partial charge in [0, 0.05) is 24.0 Å². The third-order valence-electron chi connectivity index (χ3n) is 7.36. The lowest BCUT2D eigenvalue weighted by atomic mass is 9.63. The van der Waals surface area contributed by atoms with E-state index in [-0.39, 0.29) is 18.9 Å². The number of carbonyl (C=O) groups excluding carboxylic acids is 3. The number of Topliss-reactive ketones (excluding diaryl/α,β-unsaturated/α-hetero) is 1. The zero-order valence-corrected chi connectivity index (χ0v) is 20.2. The number of pyridine rings is 1. The molecule has 10 heteroatoms. The Morgan fingerprint density at radius 3 is 2.74 bits per heavy atom. The molecule has 3 aromatic rings. The normalized spacial score (nSPS) is 28.3. The van der Waals surface area contributed by atoms with Crippen LogP contribution >= 0.6 is 11.6 Å². The lowest BCUT2D eigenvalue weighted by molar-refractivity contribution is -0.158. The zero-order valence-electron chi connectivity index (χ0n) is 19.4. The number of hydrogen-bond acceptors (Lipinski definition) is 8. The summed E-state index contributed by atoms with van der Waals surface area (Å²) in [6.07, 6.45) is 0.841. The van der Waals surface area contributed by atoms with Crippen LogP contribution in [0.1, 0.15) is 31.5 Å². The van der Waals surface area contributed by atoms with Gasteiger partial charge in [0.1, 0.15) is 16.1 Å². The quantitative estimate of drug-likeness (QED) is 0.405. The number of piperidine rings is 1. The van der Waals surface area contributed by atoms with Gasteiger partial charge >= 0.3 is 0 Å². The number of nitrogens with one attached hydrogen (secondary N) is 1. The van der Waals surface area contributed by atoms with E-state index in [1.165, 1.54) is 0 Å². The predicted molar refractivity (Wildman–Crippen MR) is 127 cm³/mol. The second-order valence-electron chi connectivity index (χ2n) is 9.67. The van der Waals surface area contributed by atoms with Crippen molar-refractivity contribution in [2.45, 2.75) is 51.9 Å². The molecule has 6 rings (SSSR count). The first-order valence-corrected chi connectivity index (χ1v) is 11.9. The minimum absolute atomic E-state index is 0.0932. The molecule has 0 aliphatic carbocycles. The number of morpholine rings is 1. The summed E-state index contributed by atoms with van der Waals surface area (Å²) in [5.41, 5.74) is 2.60. The third-order valence-corrected chi connectivity index (χ3v) is 7.71. The minimum Gasteiger partial charge on any atom is -0.372 e. The third kappa shape index (κ3) is 3.07. The van der Waals surface area contributed by atoms with Crippen molar-refractivity contribution in [2.24, 2.45) is 5.41 Å². The highest BCUT2D eigenvalue weighted by atomic mass is 35.5. The summed E-state index contributed by atoms with van der Waals surface area (Å²) in [5.74, 6) is -1.57. The molecule has 35 heavy (non-hydrogen) atoms. The van der Waals surface area contributed by atoms with E-state index in [1.807, 2.05) is 43.9 Å². The summed E-state index contributed by atoms with van der Waals surface area (Å²) >= 11 is 6.95. The highest BCUT2D eigenvalue weighted by Crippen LogP contribution is 2.52. The molecule has 1 unspecified atom stereocenters. The molecule has 9 nitrogen and oxygen atoms in total. The Hall–Kier alpha value is -3.30. The van der Waals surface area contributed by atoms with Crippen LogP contribution in [0, 0.1) is 12.3 Å². The summed E-state index contributed by atoms with van der Waals surface area (Å²) < 4.78 is 11.8. The smallest absolute Gasteiger partial charge is 0.242 e. The standard InChI is InChI=1S/C25H23ClN4O5/c1-11-4-5-14(9-27-11)20-16-6-15-8-25(17(31)7-18(32)28-24(25)33)23-13(3)34-12(2)10-30(23)21(15)19(26)22(16)35-29-20/h4-6,9,12-13,23H,7-8,10H2,1-3H3,(H,28,32,33)/t12-,13+,23-,25?/m1/s1. The van der Waals surface area contributed by atoms with E-state index in [0.29, 0.717) is 33.9 Å². The highest BCUT2D eigenvalue weighted by molar-refractivity contribution is 6.38. The number of hydrogen-bond donors (Lipinski definition) is 1. The highest BCUT2D eigenvalue weighted by Gasteiger charge is 2.62. The second kappa shape index (κ2) is 7.60. The Balaban J connectivity index is 1.59. The van der Waals surface area contributed by atoms with Crippen molar-refractivity contribution in [1.29, 1.82) is 0 Å². The minimum atomic E-state index is -1.47. The van der Waals surface area contributed by atoms with E-state index in [2.05, 4.69) is 15.5 Å². The summed E-state index contributed by atoms with van der Waals surface area (Å²) in [4.78, 5) is 45.2. The van der Waals surface area contributed by atoms with Gasteiger partial charge in [0.25, 0.3) is 0 Å². The van der Waals surface area contributed by atoms with Crippen LogP contribution in [0.3, 0.4) is 0 Å². The van der Waals surface area contributed by atoms with Crippen molar-refractivity contribution in [2.75, 3.05) is 11.4 Å². The number of fused-ring (bicyclic) bond motifs is 5. The molecule has 1 aromatic carbocycles. The molecular weight excluding hydrogens is 472 g/mol. The lowest BCUT2D eigenvalue weighted by Gasteiger charge is -2.55. The monoisotopic (exact) mass is 494 g/mol. The van der Waals surface area contributed by atoms with Gasteiger partial charge in [-0.15, -0.1) is 0 Å². The van der Waals surface area contributed by atoms with Gasteiger partial charge in [0.05, 0.1) is 35.7 Å². The number of ketones is 1. The van der Waals surface area contributed by atoms with E-state index in [9.17, 15) is 14.4 Å². The molecular formula is C25H23ClN4O5. The Labute approximate surface area is 205 Å². The molecule has 2 saturated heterocycles. The number of amides is 2. The van der Waals surface area contributed by atoms with E-state index in [0.717, 1.165) is 16.8 Å². The number of halogens is 1. The zero-order chi connectivity index (χ0) is 24.6. The largest absolute Gasteiger partial charge is 0.372 e. The SMILES string of the molecule is Cc1ccc(-c2noc3c(Cl)c4c(cc23)CC2(C(=O)CC(=O)NC2=O)[C@H]2[C@H](C)O[C@H](C)CN42)cn1. The van der Waals surface area contributed by atoms with Crippen molar-refractivity contribution in [3.05, 3.63) is 40.7 Å². The Kier molecular flexibility index (Phi) is 4.82. The van der Waals surface area contributed by atoms with Crippen LogP contribution in [0.5, 0.6) is 0 Å². The fourth-order valence-electron chi connectivity index (χ4n) is 5.96. The van der Waals surface area contributed by atoms with Crippen LogP contribution in [0.15, 0.2) is 28.9 Å². The molecule has 1 N–H and O–H groups in total. The van der Waals surface area contributed by atoms with Crippen molar-refractivity contribution < 1.29 is 23.6 Å². The Morgan fingerprint density at radius 1 is 1.23 bits per heavy atom. The van der Waals surface area contributed by atoms with Gasteiger partial charge in [0.15, 0.2) is 11.4 Å². The molecule has 5 heterocycles. The number of carbonyl (C=O) groups is 3. The van der Waals surface area contributed by atoms with E-state index in [1.54, 1.807) is 6.20 Å². The van der Waals surface area contributed by atoms with Crippen molar-refractivity contribution in [3.8, 4) is 11.3 Å². The molecule has 3 aliphatic rings. The first-order chi connectivity index (χ1) is 16.7. The first-order valence-electron chi connectivity index (χ1n) is 11.5. The number of rotatable bonds is 1. The van der Waals surface area contributed by atoms with Gasteiger partial charge in [0.2, 0.25) is 11.8 Å². The summed E-state index contributed by atoms with van der Waals surface area (Å²) in [5, 5.41) is 7.71. The maximum absolute atomic E-state index is 13.5. The molecule has 0 saturated carbocycles. The van der Waals surface area contributed by atoms with E-state index in [4.69, 9.17) is 20.9 Å². The fraction of sp³-hybridized carbons (Fsp3) is 0.400. The number of aromatic nitrogens is 2. The Bertz CT molecular complexity index is 1400. The number of imide groups is 1. The molecule has 3 aliphatic heterocycles. The fourth-order valence-corrected chi connectivity index (χ4v) is 6.33. The van der Waals surface area contributed by atoms with Gasteiger partial charge in [-0.25, -0.2) is 0 Å². The topological polar surface area (TPSA) is 115 Å². The van der Waals surface area contributed by atoms with Crippen molar-refractivity contribution in [1.82, 2.24) is 15.5 Å². The van der Waals surface area contributed by atoms with Gasteiger partial charge < -0.3 is 14.2 Å². The second-order valence-corrected chi connectivity index (χ2v) is 10.0. The molecule has 4 atom stereocenters. The molecule has 180 valence electrons. The van der Waals surface area contributed by atoms with Crippen LogP contribution < -0.4 is 10.2 Å². The van der Waals surface area contributed by atoms with E-state index >= 15 is 0 Å². The molecule has 2 amide bonds. The van der Waals surface area contributed by atoms with Crippen LogP contribution in [0.4, 0.5) is 5.69 Å². The summed E-state index contributed by atoms with van der Waals surface area (Å²) in [6.45, 7) is 6.10. The number of benzene rings is 1. The predicted octanol–water partition coefficient (Wildman–Crippen LogP) is 2.99. The molecule has 0 radical (unpaired) electrons. The van der Waals surface area contributed by atoms with Crippen molar-refractivity contribution in [3.63, 3.8) is 0 Å². The summed E-state index contributed by atoms with van der Waals surface area (Å²) in [7, 11) is 0. The van der Waals surface area contributed by atoms with Crippen LogP contribution in [0.2, 0.25) is 5.02 Å². The molecule has 2 aromatic heterocycles. The number of anilines is 1. The van der Waals surface area contributed by atoms with Gasteiger partial charge in [-0.3, -0.25) is 24.7 Å². The maximum Gasteiger partial charge on any atom is 0.242 e. The molecule has 0 bridgehead atoms. The van der Waals surface area contributed by atoms with Crippen LogP contribution in [-0.2, 0) is 25.5 Å². The first kappa shape index (κ1) is 22.2. The van der Waals surface area contributed by atoms with Gasteiger partial charge in [-0.05, 0) is 51.0 Å². The number of ether oxygens (including phenoxy) is 1. The maximum atomic E-state index is 13.5. The summed E-state index contributed by atoms with van der Waals surface area (Å²) in [6, 6.07) is 5.06. The van der Waals surface area contributed by atoms with Crippen LogP contribution in [0.25, 0.3) is 22.2 Å². The number of nitrogens with zero attached hydrogens (tertiary/aromatic N) is 3. The van der Waals surface area contributed by atoms with E-state index < -0.39 is 35.2 Å². The average Bonchev–Trinajstić information content (AvgIpc) is 3.21. The lowest BCUT2D eigenvalue weighted by Crippen LogP contribution is -2.72. The van der Waals surface area contributed by atoms with Crippen molar-refractivity contribution >= 4 is 45.9 Å². The average molecular weight is 495 g/mol. The molecule has 1 spiro atoms. The van der Waals surface area contributed by atoms with Gasteiger partial charge in [-0.1, -0.05) is 16.8 Å².